The Morgan fingerprint density at radius 3 is 2.86 bits per heavy atom. The fourth-order valence-electron chi connectivity index (χ4n) is 4.00. The largest absolute Gasteiger partial charge is 0.386 e. The lowest BCUT2D eigenvalue weighted by atomic mass is 9.96. The topological polar surface area (TPSA) is 109 Å². The van der Waals surface area contributed by atoms with E-state index < -0.39 is 5.60 Å². The van der Waals surface area contributed by atoms with Crippen molar-refractivity contribution >= 4 is 17.6 Å². The smallest absolute Gasteiger partial charge is 0.317 e. The van der Waals surface area contributed by atoms with Crippen molar-refractivity contribution in [2.24, 2.45) is 5.16 Å². The molecule has 28 heavy (non-hydrogen) atoms. The minimum absolute atomic E-state index is 0.0387. The molecule has 1 atom stereocenters. The quantitative estimate of drug-likeness (QED) is 0.810. The van der Waals surface area contributed by atoms with Crippen LogP contribution < -0.4 is 10.6 Å². The highest BCUT2D eigenvalue weighted by molar-refractivity contribution is 6.39. The number of likely N-dealkylation sites (tertiary alicyclic amines) is 1. The zero-order valence-electron chi connectivity index (χ0n) is 16.1. The van der Waals surface area contributed by atoms with Crippen LogP contribution in [0.5, 0.6) is 0 Å². The first-order chi connectivity index (χ1) is 13.5. The van der Waals surface area contributed by atoms with Gasteiger partial charge in [0, 0.05) is 31.6 Å². The Hall–Kier alpha value is -2.71. The second-order valence-electron chi connectivity index (χ2n) is 7.92. The van der Waals surface area contributed by atoms with Gasteiger partial charge in [0.25, 0.3) is 5.91 Å². The maximum Gasteiger partial charge on any atom is 0.317 e. The summed E-state index contributed by atoms with van der Waals surface area (Å²) in [5, 5.41) is 9.91. The zero-order valence-corrected chi connectivity index (χ0v) is 16.1. The third-order valence-electron chi connectivity index (χ3n) is 5.65. The summed E-state index contributed by atoms with van der Waals surface area (Å²) in [4.78, 5) is 40.7. The maximum atomic E-state index is 12.5. The van der Waals surface area contributed by atoms with Gasteiger partial charge in [0.1, 0.15) is 5.71 Å². The van der Waals surface area contributed by atoms with E-state index in [9.17, 15) is 9.59 Å². The number of aryl methyl sites for hydroxylation is 1. The normalized spacial score (nSPS) is 24.3. The van der Waals surface area contributed by atoms with Crippen LogP contribution in [0.3, 0.4) is 0 Å². The second kappa shape index (κ2) is 7.73. The van der Waals surface area contributed by atoms with Crippen LogP contribution in [0.4, 0.5) is 4.79 Å². The number of amides is 3. The zero-order chi connectivity index (χ0) is 19.6. The fourth-order valence-corrected chi connectivity index (χ4v) is 4.00. The molecule has 1 saturated carbocycles. The number of hydrogen-bond donors (Lipinski definition) is 2. The molecule has 1 saturated heterocycles. The van der Waals surface area contributed by atoms with Crippen LogP contribution in [0.1, 0.15) is 49.9 Å². The van der Waals surface area contributed by atoms with Gasteiger partial charge in [-0.1, -0.05) is 18.0 Å². The molecule has 2 aliphatic heterocycles. The van der Waals surface area contributed by atoms with Gasteiger partial charge in [-0.15, -0.1) is 0 Å². The van der Waals surface area contributed by atoms with Crippen LogP contribution in [-0.4, -0.2) is 57.3 Å². The van der Waals surface area contributed by atoms with E-state index in [2.05, 4.69) is 25.8 Å². The highest BCUT2D eigenvalue weighted by Crippen LogP contribution is 2.34. The van der Waals surface area contributed by atoms with Gasteiger partial charge in [0.15, 0.2) is 5.60 Å². The highest BCUT2D eigenvalue weighted by Gasteiger charge is 2.48. The van der Waals surface area contributed by atoms with Crippen LogP contribution in [0, 0.1) is 6.92 Å². The molecule has 9 heteroatoms. The minimum atomic E-state index is -0.580. The minimum Gasteiger partial charge on any atom is -0.386 e. The number of urea groups is 1. The molecule has 9 nitrogen and oxygen atoms in total. The van der Waals surface area contributed by atoms with Crippen molar-refractivity contribution in [3.63, 3.8) is 0 Å². The Kier molecular flexibility index (Phi) is 5.15. The molecule has 1 aliphatic carbocycles. The molecular formula is C19H26N6O3. The third kappa shape index (κ3) is 4.07. The molecule has 2 fully saturated rings. The van der Waals surface area contributed by atoms with Gasteiger partial charge < -0.3 is 20.4 Å². The molecule has 3 amide bonds. The lowest BCUT2D eigenvalue weighted by Crippen LogP contribution is -2.45. The van der Waals surface area contributed by atoms with Crippen molar-refractivity contribution in [2.75, 3.05) is 13.1 Å². The molecule has 3 heterocycles. The molecule has 0 aromatic carbocycles. The molecule has 1 aromatic heterocycles. The van der Waals surface area contributed by atoms with Gasteiger partial charge in [-0.05, 0) is 19.8 Å². The van der Waals surface area contributed by atoms with Gasteiger partial charge >= 0.3 is 6.03 Å². The number of hydrogen-bond acceptors (Lipinski definition) is 6. The van der Waals surface area contributed by atoms with Gasteiger partial charge in [0.05, 0.1) is 30.7 Å². The lowest BCUT2D eigenvalue weighted by Gasteiger charge is -2.23. The van der Waals surface area contributed by atoms with Crippen LogP contribution in [0.25, 0.3) is 0 Å². The predicted molar refractivity (Wildman–Crippen MR) is 101 cm³/mol. The summed E-state index contributed by atoms with van der Waals surface area (Å²) < 4.78 is 0. The fraction of sp³-hybridized carbons (Fsp3) is 0.632. The average molecular weight is 386 g/mol. The maximum absolute atomic E-state index is 12.5. The molecule has 4 rings (SSSR count). The first-order valence-electron chi connectivity index (χ1n) is 9.89. The van der Waals surface area contributed by atoms with Gasteiger partial charge in [-0.3, -0.25) is 14.8 Å². The molecule has 1 spiro atoms. The molecular weight excluding hydrogens is 360 g/mol. The van der Waals surface area contributed by atoms with E-state index in [0.717, 1.165) is 18.5 Å². The van der Waals surface area contributed by atoms with E-state index >= 15 is 0 Å². The van der Waals surface area contributed by atoms with E-state index in [1.165, 1.54) is 12.8 Å². The Bertz CT molecular complexity index is 774. The molecule has 1 aromatic rings. The molecule has 3 aliphatic rings. The van der Waals surface area contributed by atoms with Crippen molar-refractivity contribution in [3.8, 4) is 0 Å². The van der Waals surface area contributed by atoms with E-state index in [1.54, 1.807) is 17.3 Å². The van der Waals surface area contributed by atoms with Gasteiger partial charge in [-0.2, -0.15) is 0 Å². The number of carbonyl (C=O) groups excluding carboxylic acids is 2. The summed E-state index contributed by atoms with van der Waals surface area (Å²) in [7, 11) is 0. The molecule has 0 bridgehead atoms. The Balaban J connectivity index is 1.26. The second-order valence-corrected chi connectivity index (χ2v) is 7.92. The standard InChI is InChI=1S/C19H26N6O3/c1-13-9-21-15(10-20-13)11-22-17(26)16-8-19(28-24-16)6-7-25(12-19)18(27)23-14-4-2-3-5-14/h9-10,14H,2-8,11-12H2,1H3,(H,22,26)(H,23,27). The van der Waals surface area contributed by atoms with Gasteiger partial charge in [0.2, 0.25) is 0 Å². The number of oxime groups is 1. The monoisotopic (exact) mass is 386 g/mol. The van der Waals surface area contributed by atoms with Gasteiger partial charge in [-0.25, -0.2) is 4.79 Å². The Morgan fingerprint density at radius 2 is 2.11 bits per heavy atom. The van der Waals surface area contributed by atoms with Crippen molar-refractivity contribution in [1.29, 1.82) is 0 Å². The number of aromatic nitrogens is 2. The Morgan fingerprint density at radius 1 is 1.29 bits per heavy atom. The summed E-state index contributed by atoms with van der Waals surface area (Å²) in [6.07, 6.45) is 8.86. The molecule has 150 valence electrons. The first kappa shape index (κ1) is 18.6. The summed E-state index contributed by atoms with van der Waals surface area (Å²) in [5.74, 6) is -0.270. The highest BCUT2D eigenvalue weighted by atomic mass is 16.7. The number of nitrogens with zero attached hydrogens (tertiary/aromatic N) is 4. The molecule has 1 unspecified atom stereocenters. The van der Waals surface area contributed by atoms with Crippen LogP contribution in [-0.2, 0) is 16.2 Å². The Labute approximate surface area is 163 Å². The van der Waals surface area contributed by atoms with Crippen molar-refractivity contribution in [3.05, 3.63) is 23.8 Å². The van der Waals surface area contributed by atoms with E-state index in [0.29, 0.717) is 37.3 Å². The number of carbonyl (C=O) groups is 2. The number of rotatable bonds is 4. The molecule has 0 radical (unpaired) electrons. The predicted octanol–water partition coefficient (Wildman–Crippen LogP) is 1.27. The third-order valence-corrected chi connectivity index (χ3v) is 5.65. The number of nitrogens with one attached hydrogen (secondary N) is 2. The summed E-state index contributed by atoms with van der Waals surface area (Å²) >= 11 is 0. The first-order valence-corrected chi connectivity index (χ1v) is 9.89. The van der Waals surface area contributed by atoms with Crippen molar-refractivity contribution in [2.45, 2.75) is 63.6 Å². The summed E-state index contributed by atoms with van der Waals surface area (Å²) in [6, 6.07) is 0.249. The van der Waals surface area contributed by atoms with Crippen molar-refractivity contribution in [1.82, 2.24) is 25.5 Å². The van der Waals surface area contributed by atoms with Crippen LogP contribution >= 0.6 is 0 Å². The van der Waals surface area contributed by atoms with Crippen LogP contribution in [0.15, 0.2) is 17.5 Å². The lowest BCUT2D eigenvalue weighted by molar-refractivity contribution is -0.115. The van der Waals surface area contributed by atoms with E-state index in [1.807, 2.05) is 6.92 Å². The average Bonchev–Trinajstić information content (AvgIpc) is 3.44. The summed E-state index contributed by atoms with van der Waals surface area (Å²) in [5.41, 5.74) is 1.29. The van der Waals surface area contributed by atoms with Crippen molar-refractivity contribution < 1.29 is 14.4 Å². The SMILES string of the molecule is Cc1cnc(CNC(=O)C2=NOC3(CCN(C(=O)NC4CCCC4)C3)C2)cn1. The van der Waals surface area contributed by atoms with E-state index in [-0.39, 0.29) is 24.5 Å². The summed E-state index contributed by atoms with van der Waals surface area (Å²) in [6.45, 7) is 3.21. The van der Waals surface area contributed by atoms with E-state index in [4.69, 9.17) is 4.84 Å². The van der Waals surface area contributed by atoms with Crippen LogP contribution in [0.2, 0.25) is 0 Å². The molecule has 2 N–H and O–H groups in total.